The third kappa shape index (κ3) is 4.44. The molecule has 10 atom stereocenters. The predicted octanol–water partition coefficient (Wildman–Crippen LogP) is 6.09. The Morgan fingerprint density at radius 3 is 2.34 bits per heavy atom. The number of ether oxygens (including phenoxy) is 2. The Kier molecular flexibility index (Phi) is 7.69. The highest BCUT2D eigenvalue weighted by Gasteiger charge is 2.81. The van der Waals surface area contributed by atoms with E-state index in [2.05, 4.69) is 5.32 Å². The van der Waals surface area contributed by atoms with Crippen LogP contribution in [0.3, 0.4) is 0 Å². The first-order valence-electron chi connectivity index (χ1n) is 16.4. The fourth-order valence-corrected chi connectivity index (χ4v) is 10.5. The summed E-state index contributed by atoms with van der Waals surface area (Å²) in [6, 6.07) is 15.8. The average molecular weight is 666 g/mol. The Labute approximate surface area is 277 Å². The van der Waals surface area contributed by atoms with Gasteiger partial charge in [0.15, 0.2) is 28.6 Å². The van der Waals surface area contributed by atoms with Crippen molar-refractivity contribution >= 4 is 29.0 Å². The zero-order chi connectivity index (χ0) is 33.6. The largest absolute Gasteiger partial charge is 0.390 e. The number of rotatable bonds is 7. The Hall–Kier alpha value is -2.89. The van der Waals surface area contributed by atoms with Crippen LogP contribution in [-0.4, -0.2) is 64.6 Å². The molecule has 1 saturated heterocycles. The van der Waals surface area contributed by atoms with Crippen LogP contribution in [0, 0.1) is 22.7 Å². The topological polar surface area (TPSA) is 105 Å². The lowest BCUT2D eigenvalue weighted by atomic mass is 9.44. The minimum Gasteiger partial charge on any atom is -0.390 e. The summed E-state index contributed by atoms with van der Waals surface area (Å²) < 4.78 is 46.9. The molecule has 3 N–H and O–H groups in total. The van der Waals surface area contributed by atoms with Gasteiger partial charge in [0.1, 0.15) is 12.8 Å². The molecule has 3 saturated carbocycles. The summed E-state index contributed by atoms with van der Waals surface area (Å²) in [7, 11) is 0. The summed E-state index contributed by atoms with van der Waals surface area (Å²) in [4.78, 5) is 28.1. The first-order valence-corrected chi connectivity index (χ1v) is 17.2. The Morgan fingerprint density at radius 2 is 1.70 bits per heavy atom. The maximum Gasteiger partial charge on any atom is 0.193 e. The van der Waals surface area contributed by atoms with Crippen LogP contribution >= 0.6 is 11.8 Å². The van der Waals surface area contributed by atoms with Crippen LogP contribution in [0.15, 0.2) is 82.1 Å². The summed E-state index contributed by atoms with van der Waals surface area (Å²) >= 11 is 1.60. The van der Waals surface area contributed by atoms with Crippen molar-refractivity contribution in [1.29, 1.82) is 0 Å². The van der Waals surface area contributed by atoms with Gasteiger partial charge in [-0.15, -0.1) is 0 Å². The van der Waals surface area contributed by atoms with Crippen molar-refractivity contribution in [2.45, 2.75) is 92.2 Å². The van der Waals surface area contributed by atoms with Crippen LogP contribution in [0.25, 0.3) is 0 Å². The van der Waals surface area contributed by atoms with E-state index in [4.69, 9.17) is 9.47 Å². The van der Waals surface area contributed by atoms with E-state index in [0.717, 1.165) is 28.1 Å². The van der Waals surface area contributed by atoms with Gasteiger partial charge >= 0.3 is 0 Å². The number of carbonyl (C=O) groups excluding carboxylic acids is 2. The highest BCUT2D eigenvalue weighted by atomic mass is 32.2. The molecule has 4 fully saturated rings. The van der Waals surface area contributed by atoms with Gasteiger partial charge in [-0.2, -0.15) is 0 Å². The molecule has 7 rings (SSSR count). The molecule has 2 aromatic rings. The number of alkyl halides is 2. The van der Waals surface area contributed by atoms with Crippen LogP contribution in [0.4, 0.5) is 14.5 Å². The first-order chi connectivity index (χ1) is 22.3. The number of halogens is 2. The third-order valence-corrected chi connectivity index (χ3v) is 12.9. The summed E-state index contributed by atoms with van der Waals surface area (Å²) in [6.07, 6.45) is -0.519. The van der Waals surface area contributed by atoms with Crippen molar-refractivity contribution in [1.82, 2.24) is 0 Å². The minimum atomic E-state index is -2.30. The standard InChI is InChI=1S/C37H41F2NO6S/c1-5-40-22-8-12-25(13-9-22)47-24-10-6-21(7-11-24)35(4)45-32-18-26-27-17-29(38)28-16-23(42)14-15-33(28,2)36(27,39)30(43)19-34(26,3)37(32,46-35)31(44)20-41/h6-16,26-27,29-30,32,40-41,43H,5,17-20H2,1-4H3/t26-,27-,29-,30-,32+,33-,34-,35+,36-,37+/m0/s1. The maximum absolute atomic E-state index is 17.6. The second-order valence-corrected chi connectivity index (χ2v) is 15.4. The monoisotopic (exact) mass is 665 g/mol. The van der Waals surface area contributed by atoms with E-state index >= 15 is 8.78 Å². The van der Waals surface area contributed by atoms with Gasteiger partial charge < -0.3 is 25.0 Å². The van der Waals surface area contributed by atoms with Crippen LogP contribution in [0.1, 0.15) is 52.5 Å². The molecule has 0 unspecified atom stereocenters. The molecular formula is C37H41F2NO6S. The summed E-state index contributed by atoms with van der Waals surface area (Å²) in [5.74, 6) is -4.00. The Morgan fingerprint density at radius 1 is 1.04 bits per heavy atom. The SMILES string of the molecule is CCNc1ccc(Sc2ccc([C@]3(C)O[C@@H]4C[C@H]5[C@@H]6C[C@H](F)C7=CC(=O)C=C[C@]7(C)[C@@]6(F)[C@@H](O)C[C@]5(C)[C@]4(C(=O)CO)O3)cc2)cc1. The molecule has 0 spiro atoms. The number of allylic oxidation sites excluding steroid dienone is 4. The number of nitrogens with one attached hydrogen (secondary N) is 1. The number of aliphatic hydroxyl groups is 2. The molecule has 0 amide bonds. The maximum atomic E-state index is 17.6. The number of aliphatic hydroxyl groups excluding tert-OH is 2. The van der Waals surface area contributed by atoms with Crippen LogP contribution in [-0.2, 0) is 24.8 Å². The van der Waals surface area contributed by atoms with Crippen molar-refractivity contribution in [2.24, 2.45) is 22.7 Å². The van der Waals surface area contributed by atoms with Crippen molar-refractivity contribution in [3.63, 3.8) is 0 Å². The van der Waals surface area contributed by atoms with E-state index < -0.39 is 76.3 Å². The number of ketones is 2. The number of hydrogen-bond acceptors (Lipinski definition) is 8. The lowest BCUT2D eigenvalue weighted by Crippen LogP contribution is -2.71. The lowest BCUT2D eigenvalue weighted by molar-refractivity contribution is -0.256. The summed E-state index contributed by atoms with van der Waals surface area (Å²) in [6.45, 7) is 7.12. The third-order valence-electron chi connectivity index (χ3n) is 11.9. The van der Waals surface area contributed by atoms with Crippen molar-refractivity contribution in [2.75, 3.05) is 18.5 Å². The molecule has 7 nitrogen and oxygen atoms in total. The molecule has 0 aromatic heterocycles. The molecule has 0 radical (unpaired) electrons. The highest BCUT2D eigenvalue weighted by Crippen LogP contribution is 2.73. The highest BCUT2D eigenvalue weighted by molar-refractivity contribution is 7.99. The number of carbonyl (C=O) groups is 2. The second kappa shape index (κ2) is 11.1. The van der Waals surface area contributed by atoms with Gasteiger partial charge in [-0.25, -0.2) is 8.78 Å². The molecule has 47 heavy (non-hydrogen) atoms. The van der Waals surface area contributed by atoms with Crippen LogP contribution < -0.4 is 5.32 Å². The second-order valence-electron chi connectivity index (χ2n) is 14.2. The number of Topliss-reactive ketones (excluding diaryl/α,β-unsaturated/α-hetero) is 1. The molecule has 4 aliphatic carbocycles. The van der Waals surface area contributed by atoms with Gasteiger partial charge in [0.2, 0.25) is 0 Å². The number of benzene rings is 2. The quantitative estimate of drug-likeness (QED) is 0.327. The molecule has 5 aliphatic rings. The zero-order valence-electron chi connectivity index (χ0n) is 27.0. The van der Waals surface area contributed by atoms with E-state index in [1.807, 2.05) is 55.5 Å². The molecular weight excluding hydrogens is 624 g/mol. The van der Waals surface area contributed by atoms with Crippen molar-refractivity contribution in [3.8, 4) is 0 Å². The van der Waals surface area contributed by atoms with E-state index in [0.29, 0.717) is 5.56 Å². The van der Waals surface area contributed by atoms with Gasteiger partial charge in [0.25, 0.3) is 0 Å². The normalized spacial score (nSPS) is 41.8. The number of hydrogen-bond donors (Lipinski definition) is 3. The fraction of sp³-hybridized carbons (Fsp3) is 0.514. The van der Waals surface area contributed by atoms with Crippen LogP contribution in [0.5, 0.6) is 0 Å². The lowest BCUT2D eigenvalue weighted by Gasteiger charge is -2.63. The molecule has 0 bridgehead atoms. The van der Waals surface area contributed by atoms with Crippen LogP contribution in [0.2, 0.25) is 0 Å². The summed E-state index contributed by atoms with van der Waals surface area (Å²) in [5.41, 5.74) is -4.97. The van der Waals surface area contributed by atoms with Gasteiger partial charge in [0, 0.05) is 44.3 Å². The molecule has 10 heteroatoms. The fourth-order valence-electron chi connectivity index (χ4n) is 9.70. The van der Waals surface area contributed by atoms with Crippen molar-refractivity contribution in [3.05, 3.63) is 77.9 Å². The van der Waals surface area contributed by atoms with E-state index in [9.17, 15) is 19.8 Å². The molecule has 1 heterocycles. The molecule has 2 aromatic carbocycles. The predicted molar refractivity (Wildman–Crippen MR) is 173 cm³/mol. The van der Waals surface area contributed by atoms with Crippen molar-refractivity contribution < 1.29 is 38.1 Å². The number of anilines is 1. The number of fused-ring (bicyclic) bond motifs is 7. The van der Waals surface area contributed by atoms with Gasteiger partial charge in [0.05, 0.1) is 12.2 Å². The van der Waals surface area contributed by atoms with E-state index in [1.54, 1.807) is 32.5 Å². The minimum absolute atomic E-state index is 0.0398. The van der Waals surface area contributed by atoms with E-state index in [-0.39, 0.29) is 24.8 Å². The summed E-state index contributed by atoms with van der Waals surface area (Å²) in [5, 5.41) is 25.3. The van der Waals surface area contributed by atoms with Gasteiger partial charge in [-0.05, 0) is 100 Å². The zero-order valence-corrected chi connectivity index (χ0v) is 27.8. The molecule has 1 aliphatic heterocycles. The van der Waals surface area contributed by atoms with Gasteiger partial charge in [-0.3, -0.25) is 9.59 Å². The smallest absolute Gasteiger partial charge is 0.193 e. The Balaban J connectivity index is 1.20. The van der Waals surface area contributed by atoms with Gasteiger partial charge in [-0.1, -0.05) is 36.9 Å². The first kappa shape index (κ1) is 32.6. The van der Waals surface area contributed by atoms with E-state index in [1.165, 1.54) is 12.2 Å². The average Bonchev–Trinajstić information content (AvgIpc) is 3.48. The molecule has 250 valence electrons. The Bertz CT molecular complexity index is 1670.